The number of aromatic amines is 1. The minimum absolute atomic E-state index is 0.0154. The number of hydrogen-bond acceptors (Lipinski definition) is 20. The molecule has 76 heavy (non-hydrogen) atoms. The van der Waals surface area contributed by atoms with Crippen molar-refractivity contribution in [1.82, 2.24) is 59.5 Å². The molecule has 0 saturated carbocycles. The number of pyridine rings is 2. The predicted octanol–water partition coefficient (Wildman–Crippen LogP) is 5.41. The standard InChI is InChI=1S/C47H44Cl2N14O10S3/c1-27-3-5-32(6-4-27)76(68,69)63-39-19-29(16-34(37(39)24-54-63)46-59-57-42(73-46)26-61-9-13-71-14-10-61)30-17-35(43(48)51-21-30)47(75(50,66)67)62(74(2,64)65)40-20-31(22-52-44(40)49)28-15-33(36-23-53-55-38(36)18-28)45-58-56-41(72-45)25-60-7-11-70-12-8-60/h3-6,15-24,47H,7-14,25-26H2,1-2H3,(H,53,55)(H2,50,66,67). The summed E-state index contributed by atoms with van der Waals surface area (Å²) in [5, 5.41) is 32.5. The topological polar surface area (TPSA) is 307 Å². The summed E-state index contributed by atoms with van der Waals surface area (Å²) in [5.74, 6) is 0.856. The van der Waals surface area contributed by atoms with E-state index in [1.165, 1.54) is 48.9 Å². The van der Waals surface area contributed by atoms with E-state index in [-0.39, 0.29) is 50.3 Å². The highest BCUT2D eigenvalue weighted by Gasteiger charge is 2.40. The molecule has 11 rings (SSSR count). The van der Waals surface area contributed by atoms with Gasteiger partial charge in [-0.3, -0.25) is 14.9 Å². The average Bonchev–Trinajstić information content (AvgIpc) is 4.27. The van der Waals surface area contributed by atoms with Crippen molar-refractivity contribution in [1.29, 1.82) is 0 Å². The van der Waals surface area contributed by atoms with E-state index in [4.69, 9.17) is 46.6 Å². The van der Waals surface area contributed by atoms with Gasteiger partial charge in [-0.05, 0) is 66.6 Å². The fourth-order valence-electron chi connectivity index (χ4n) is 9.06. The second-order valence-corrected chi connectivity index (χ2v) is 24.0. The lowest BCUT2D eigenvalue weighted by Gasteiger charge is -2.31. The molecule has 394 valence electrons. The van der Waals surface area contributed by atoms with Crippen LogP contribution in [0, 0.1) is 6.92 Å². The van der Waals surface area contributed by atoms with Gasteiger partial charge in [-0.1, -0.05) is 40.9 Å². The monoisotopic (exact) mass is 1130 g/mol. The molecular weight excluding hydrogens is 1090 g/mol. The van der Waals surface area contributed by atoms with Crippen LogP contribution in [-0.2, 0) is 52.6 Å². The molecule has 2 aliphatic rings. The summed E-state index contributed by atoms with van der Waals surface area (Å²) in [6.45, 7) is 7.45. The number of rotatable bonds is 15. The Labute approximate surface area is 443 Å². The largest absolute Gasteiger partial charge is 0.419 e. The number of aromatic nitrogens is 10. The van der Waals surface area contributed by atoms with Gasteiger partial charge in [0.1, 0.15) is 5.15 Å². The molecule has 2 fully saturated rings. The van der Waals surface area contributed by atoms with E-state index in [0.717, 1.165) is 15.9 Å². The fraction of sp³-hybridized carbons (Fsp3) is 0.277. The second kappa shape index (κ2) is 20.3. The lowest BCUT2D eigenvalue weighted by atomic mass is 10.00. The zero-order chi connectivity index (χ0) is 53.1. The Bertz CT molecular complexity index is 4030. The van der Waals surface area contributed by atoms with E-state index in [0.29, 0.717) is 103 Å². The smallest absolute Gasteiger partial charge is 0.283 e. The van der Waals surface area contributed by atoms with Crippen molar-refractivity contribution in [3.63, 3.8) is 0 Å². The van der Waals surface area contributed by atoms with Crippen LogP contribution in [0.2, 0.25) is 10.3 Å². The van der Waals surface area contributed by atoms with E-state index in [2.05, 4.69) is 55.5 Å². The third kappa shape index (κ3) is 10.2. The Morgan fingerprint density at radius 3 is 1.84 bits per heavy atom. The van der Waals surface area contributed by atoms with Crippen molar-refractivity contribution in [2.45, 2.75) is 30.3 Å². The summed E-state index contributed by atoms with van der Waals surface area (Å²) in [5.41, 5.74) is 2.47. The van der Waals surface area contributed by atoms with Gasteiger partial charge in [0.15, 0.2) is 10.5 Å². The van der Waals surface area contributed by atoms with E-state index in [9.17, 15) is 25.3 Å². The van der Waals surface area contributed by atoms with Crippen LogP contribution in [0.15, 0.2) is 99.2 Å². The Hall–Kier alpha value is -6.79. The first-order valence-corrected chi connectivity index (χ1v) is 28.9. The molecule has 2 aliphatic heterocycles. The molecule has 0 aliphatic carbocycles. The minimum Gasteiger partial charge on any atom is -0.419 e. The van der Waals surface area contributed by atoms with Gasteiger partial charge in [0.25, 0.3) is 10.0 Å². The van der Waals surface area contributed by atoms with Crippen LogP contribution in [0.5, 0.6) is 0 Å². The Kier molecular flexibility index (Phi) is 13.7. The van der Waals surface area contributed by atoms with E-state index >= 15 is 0 Å². The lowest BCUT2D eigenvalue weighted by Crippen LogP contribution is -2.41. The third-order valence-corrected chi connectivity index (χ3v) is 17.4. The summed E-state index contributed by atoms with van der Waals surface area (Å²) in [6, 6.07) is 15.4. The van der Waals surface area contributed by atoms with Crippen LogP contribution in [-0.4, -0.2) is 144 Å². The number of H-pyrrole nitrogens is 1. The second-order valence-electron chi connectivity index (χ2n) is 18.0. The molecular formula is C47H44Cl2N14O10S3. The average molecular weight is 1130 g/mol. The lowest BCUT2D eigenvalue weighted by molar-refractivity contribution is 0.0305. The number of primary sulfonamides is 1. The summed E-state index contributed by atoms with van der Waals surface area (Å²) >= 11 is 13.5. The van der Waals surface area contributed by atoms with Crippen molar-refractivity contribution in [3.05, 3.63) is 119 Å². The SMILES string of the molecule is Cc1ccc(S(=O)(=O)n2ncc3c(-c4nnc(CN5CCOCC5)o4)cc(-c4cnc(Cl)c(C(N(c5cc(-c6cc(-c7nnc(CN8CCOCC8)o7)c7cn[nH]c7c6)cnc5Cl)S(C)(=O)=O)S(N)(=O)=O)c4)cc32)cc1. The maximum Gasteiger partial charge on any atom is 0.283 e. The fourth-order valence-corrected chi connectivity index (χ4v) is 13.5. The first kappa shape index (κ1) is 51.3. The molecule has 6 aromatic heterocycles. The van der Waals surface area contributed by atoms with Gasteiger partial charge in [-0.15, -0.1) is 20.4 Å². The zero-order valence-corrected chi connectivity index (χ0v) is 44.2. The maximum absolute atomic E-state index is 14.3. The normalized spacial score (nSPS) is 15.7. The Morgan fingerprint density at radius 1 is 0.684 bits per heavy atom. The number of nitrogens with two attached hydrogens (primary N) is 1. The van der Waals surface area contributed by atoms with Crippen LogP contribution in [0.4, 0.5) is 5.69 Å². The first-order valence-electron chi connectivity index (χ1n) is 23.3. The zero-order valence-electron chi connectivity index (χ0n) is 40.2. The molecule has 0 spiro atoms. The summed E-state index contributed by atoms with van der Waals surface area (Å²) in [4.78, 5) is 12.8. The van der Waals surface area contributed by atoms with Crippen LogP contribution in [0.3, 0.4) is 0 Å². The van der Waals surface area contributed by atoms with E-state index in [1.54, 1.807) is 36.5 Å². The van der Waals surface area contributed by atoms with E-state index in [1.807, 2.05) is 6.92 Å². The number of nitrogens with zero attached hydrogens (tertiary/aromatic N) is 12. The highest BCUT2D eigenvalue weighted by atomic mass is 35.5. The van der Waals surface area contributed by atoms with Gasteiger partial charge >= 0.3 is 0 Å². The maximum atomic E-state index is 14.3. The number of ether oxygens (including phenoxy) is 2. The predicted molar refractivity (Wildman–Crippen MR) is 278 cm³/mol. The number of sulfonamides is 2. The Morgan fingerprint density at radius 2 is 1.25 bits per heavy atom. The number of aryl methyl sites for hydroxylation is 1. The number of benzene rings is 3. The summed E-state index contributed by atoms with van der Waals surface area (Å²) in [7, 11) is -14.1. The molecule has 1 atom stereocenters. The number of nitrogens with one attached hydrogen (secondary N) is 1. The van der Waals surface area contributed by atoms with Crippen molar-refractivity contribution in [3.8, 4) is 45.2 Å². The molecule has 3 N–H and O–H groups in total. The molecule has 1 unspecified atom stereocenters. The van der Waals surface area contributed by atoms with Gasteiger partial charge in [-0.2, -0.15) is 22.7 Å². The molecule has 8 heterocycles. The van der Waals surface area contributed by atoms with Gasteiger partial charge < -0.3 is 18.3 Å². The number of fused-ring (bicyclic) bond motifs is 2. The number of anilines is 1. The molecule has 0 amide bonds. The van der Waals surface area contributed by atoms with Crippen molar-refractivity contribution in [2.75, 3.05) is 63.2 Å². The number of halogens is 2. The molecule has 29 heteroatoms. The Balaban J connectivity index is 1.02. The van der Waals surface area contributed by atoms with Gasteiger partial charge in [0.2, 0.25) is 43.6 Å². The summed E-state index contributed by atoms with van der Waals surface area (Å²) < 4.78 is 110. The van der Waals surface area contributed by atoms with Crippen LogP contribution < -0.4 is 9.44 Å². The molecule has 9 aromatic rings. The van der Waals surface area contributed by atoms with Gasteiger partial charge in [0.05, 0.1) is 90.9 Å². The summed E-state index contributed by atoms with van der Waals surface area (Å²) in [6.07, 6.45) is 6.38. The van der Waals surface area contributed by atoms with E-state index < -0.39 is 57.0 Å². The first-order chi connectivity index (χ1) is 36.4. The van der Waals surface area contributed by atoms with Crippen LogP contribution >= 0.6 is 23.2 Å². The minimum atomic E-state index is -5.04. The van der Waals surface area contributed by atoms with Gasteiger partial charge in [0, 0.05) is 66.0 Å². The molecule has 2 saturated heterocycles. The molecule has 3 aromatic carbocycles. The quantitative estimate of drug-likeness (QED) is 0.121. The van der Waals surface area contributed by atoms with Crippen molar-refractivity contribution < 1.29 is 43.6 Å². The molecule has 0 radical (unpaired) electrons. The van der Waals surface area contributed by atoms with Crippen LogP contribution in [0.25, 0.3) is 67.0 Å². The number of morpholine rings is 2. The third-order valence-electron chi connectivity index (χ3n) is 12.8. The highest BCUT2D eigenvalue weighted by Crippen LogP contribution is 2.43. The highest BCUT2D eigenvalue weighted by molar-refractivity contribution is 7.95. The number of hydrogen-bond donors (Lipinski definition) is 2. The van der Waals surface area contributed by atoms with Gasteiger partial charge in [-0.25, -0.2) is 36.2 Å². The van der Waals surface area contributed by atoms with Crippen molar-refractivity contribution >= 4 is 80.8 Å². The van der Waals surface area contributed by atoms with Crippen LogP contribution in [0.1, 0.15) is 28.3 Å². The molecule has 24 nitrogen and oxygen atoms in total. The van der Waals surface area contributed by atoms with Crippen molar-refractivity contribution in [2.24, 2.45) is 5.14 Å². The molecule has 0 bridgehead atoms.